The Morgan fingerprint density at radius 2 is 1.79 bits per heavy atom. The lowest BCUT2D eigenvalue weighted by atomic mass is 9.74. The Morgan fingerprint density at radius 1 is 1.11 bits per heavy atom. The molecule has 3 heteroatoms. The van der Waals surface area contributed by atoms with Gasteiger partial charge in [-0.05, 0) is 50.2 Å². The minimum Gasteiger partial charge on any atom is -0.316 e. The van der Waals surface area contributed by atoms with Crippen LogP contribution in [0.1, 0.15) is 40.0 Å². The number of hydrogen-bond acceptors (Lipinski definition) is 3. The maximum Gasteiger partial charge on any atom is 0.0110 e. The van der Waals surface area contributed by atoms with E-state index in [4.69, 9.17) is 0 Å². The molecular weight excluding hydrogens is 234 g/mol. The van der Waals surface area contributed by atoms with Crippen LogP contribution in [0, 0.1) is 11.3 Å². The predicted octanol–water partition coefficient (Wildman–Crippen LogP) is 2.04. The van der Waals surface area contributed by atoms with Crippen molar-refractivity contribution in [2.24, 2.45) is 11.3 Å². The highest BCUT2D eigenvalue weighted by atomic mass is 15.3. The van der Waals surface area contributed by atoms with E-state index in [-0.39, 0.29) is 0 Å². The first-order valence-corrected chi connectivity index (χ1v) is 8.27. The molecule has 3 nitrogen and oxygen atoms in total. The minimum absolute atomic E-state index is 0.459. The van der Waals surface area contributed by atoms with E-state index in [0.29, 0.717) is 5.41 Å². The monoisotopic (exact) mass is 267 g/mol. The molecule has 0 saturated carbocycles. The Balaban J connectivity index is 1.77. The average Bonchev–Trinajstić information content (AvgIpc) is 2.42. The summed E-state index contributed by atoms with van der Waals surface area (Å²) in [6.45, 7) is 17.3. The van der Waals surface area contributed by atoms with Gasteiger partial charge in [-0.1, -0.05) is 20.8 Å². The largest absolute Gasteiger partial charge is 0.316 e. The molecule has 0 aliphatic carbocycles. The summed E-state index contributed by atoms with van der Waals surface area (Å²) in [4.78, 5) is 5.31. The summed E-state index contributed by atoms with van der Waals surface area (Å²) in [6, 6.07) is 0. The van der Waals surface area contributed by atoms with Crippen LogP contribution >= 0.6 is 0 Å². The molecule has 2 rings (SSSR count). The first-order chi connectivity index (χ1) is 9.12. The van der Waals surface area contributed by atoms with Crippen LogP contribution in [0.2, 0.25) is 0 Å². The molecule has 0 spiro atoms. The fourth-order valence-corrected chi connectivity index (χ4v) is 3.71. The lowest BCUT2D eigenvalue weighted by molar-refractivity contribution is 0.0621. The molecule has 112 valence electrons. The summed E-state index contributed by atoms with van der Waals surface area (Å²) >= 11 is 0. The maximum atomic E-state index is 3.58. The second-order valence-corrected chi connectivity index (χ2v) is 7.15. The van der Waals surface area contributed by atoms with Gasteiger partial charge in [0.15, 0.2) is 0 Å². The molecule has 2 heterocycles. The molecule has 0 aromatic carbocycles. The number of rotatable bonds is 5. The zero-order chi connectivity index (χ0) is 13.7. The van der Waals surface area contributed by atoms with Gasteiger partial charge in [0.25, 0.3) is 0 Å². The van der Waals surface area contributed by atoms with E-state index >= 15 is 0 Å². The second-order valence-electron chi connectivity index (χ2n) is 7.15. The van der Waals surface area contributed by atoms with Gasteiger partial charge in [-0.15, -0.1) is 0 Å². The Kier molecular flexibility index (Phi) is 5.67. The lowest BCUT2D eigenvalue weighted by Crippen LogP contribution is -2.51. The van der Waals surface area contributed by atoms with E-state index in [1.54, 1.807) is 0 Å². The van der Waals surface area contributed by atoms with Crippen LogP contribution in [-0.2, 0) is 0 Å². The third-order valence-corrected chi connectivity index (χ3v) is 5.04. The van der Waals surface area contributed by atoms with Gasteiger partial charge in [0.05, 0.1) is 0 Å². The molecule has 2 saturated heterocycles. The zero-order valence-electron chi connectivity index (χ0n) is 13.2. The number of piperidine rings is 1. The quantitative estimate of drug-likeness (QED) is 0.822. The third-order valence-electron chi connectivity index (χ3n) is 5.04. The maximum absolute atomic E-state index is 3.58. The summed E-state index contributed by atoms with van der Waals surface area (Å²) in [5, 5.41) is 3.58. The molecule has 2 aliphatic heterocycles. The number of nitrogens with zero attached hydrogens (tertiary/aromatic N) is 2. The van der Waals surface area contributed by atoms with Crippen LogP contribution in [0.4, 0.5) is 0 Å². The topological polar surface area (TPSA) is 18.5 Å². The summed E-state index contributed by atoms with van der Waals surface area (Å²) < 4.78 is 0. The third kappa shape index (κ3) is 4.44. The molecule has 2 fully saturated rings. The molecule has 19 heavy (non-hydrogen) atoms. The standard InChI is InChI=1S/C16H33N3/c1-4-8-18-9-11-19(12-10-18)14-16(2,3)15-6-5-7-17-13-15/h15,17H,4-14H2,1-3H3. The SMILES string of the molecule is CCCN1CCN(CC(C)(C)C2CCCNC2)CC1. The summed E-state index contributed by atoms with van der Waals surface area (Å²) in [5.74, 6) is 0.856. The first kappa shape index (κ1) is 15.3. The number of hydrogen-bond donors (Lipinski definition) is 1. The molecule has 1 atom stereocenters. The van der Waals surface area contributed by atoms with Crippen molar-refractivity contribution in [1.29, 1.82) is 0 Å². The average molecular weight is 267 g/mol. The van der Waals surface area contributed by atoms with Crippen LogP contribution in [-0.4, -0.2) is 62.2 Å². The Hall–Kier alpha value is -0.120. The van der Waals surface area contributed by atoms with Gasteiger partial charge in [-0.3, -0.25) is 0 Å². The van der Waals surface area contributed by atoms with Crippen molar-refractivity contribution in [1.82, 2.24) is 15.1 Å². The summed E-state index contributed by atoms with van der Waals surface area (Å²) in [5.41, 5.74) is 0.459. The van der Waals surface area contributed by atoms with Crippen LogP contribution in [0.3, 0.4) is 0 Å². The van der Waals surface area contributed by atoms with E-state index in [2.05, 4.69) is 35.9 Å². The Labute approximate surface area is 119 Å². The minimum atomic E-state index is 0.459. The van der Waals surface area contributed by atoms with Crippen LogP contribution in [0.15, 0.2) is 0 Å². The van der Waals surface area contributed by atoms with E-state index < -0.39 is 0 Å². The van der Waals surface area contributed by atoms with Crippen molar-refractivity contribution in [3.05, 3.63) is 0 Å². The van der Waals surface area contributed by atoms with Gasteiger partial charge in [0.1, 0.15) is 0 Å². The van der Waals surface area contributed by atoms with Crippen LogP contribution in [0.25, 0.3) is 0 Å². The van der Waals surface area contributed by atoms with E-state index in [1.807, 2.05) is 0 Å². The summed E-state index contributed by atoms with van der Waals surface area (Å²) in [6.07, 6.45) is 4.06. The van der Waals surface area contributed by atoms with E-state index in [0.717, 1.165) is 5.92 Å². The molecule has 1 N–H and O–H groups in total. The Bertz CT molecular complexity index is 251. The highest BCUT2D eigenvalue weighted by Gasteiger charge is 2.33. The highest BCUT2D eigenvalue weighted by molar-refractivity contribution is 4.86. The zero-order valence-corrected chi connectivity index (χ0v) is 13.2. The molecular formula is C16H33N3. The van der Waals surface area contributed by atoms with Gasteiger partial charge >= 0.3 is 0 Å². The summed E-state index contributed by atoms with van der Waals surface area (Å²) in [7, 11) is 0. The number of nitrogens with one attached hydrogen (secondary N) is 1. The van der Waals surface area contributed by atoms with E-state index in [9.17, 15) is 0 Å². The van der Waals surface area contributed by atoms with Gasteiger partial charge in [0.2, 0.25) is 0 Å². The lowest BCUT2D eigenvalue weighted by Gasteiger charge is -2.43. The van der Waals surface area contributed by atoms with E-state index in [1.165, 1.54) is 71.6 Å². The molecule has 1 unspecified atom stereocenters. The molecule has 0 radical (unpaired) electrons. The fraction of sp³-hybridized carbons (Fsp3) is 1.00. The van der Waals surface area contributed by atoms with Crippen molar-refractivity contribution < 1.29 is 0 Å². The molecule has 0 aromatic heterocycles. The Morgan fingerprint density at radius 3 is 2.37 bits per heavy atom. The second kappa shape index (κ2) is 7.05. The van der Waals surface area contributed by atoms with Gasteiger partial charge in [-0.25, -0.2) is 0 Å². The van der Waals surface area contributed by atoms with Crippen molar-refractivity contribution in [2.75, 3.05) is 52.4 Å². The van der Waals surface area contributed by atoms with Crippen LogP contribution in [0.5, 0.6) is 0 Å². The van der Waals surface area contributed by atoms with Crippen LogP contribution < -0.4 is 5.32 Å². The molecule has 0 bridgehead atoms. The van der Waals surface area contributed by atoms with Crippen molar-refractivity contribution in [3.8, 4) is 0 Å². The first-order valence-electron chi connectivity index (χ1n) is 8.27. The van der Waals surface area contributed by atoms with Crippen molar-refractivity contribution in [2.45, 2.75) is 40.0 Å². The van der Waals surface area contributed by atoms with Gasteiger partial charge < -0.3 is 15.1 Å². The van der Waals surface area contributed by atoms with Crippen molar-refractivity contribution in [3.63, 3.8) is 0 Å². The van der Waals surface area contributed by atoms with Gasteiger partial charge in [0, 0.05) is 32.7 Å². The smallest absolute Gasteiger partial charge is 0.0110 e. The molecule has 0 aromatic rings. The molecule has 2 aliphatic rings. The highest BCUT2D eigenvalue weighted by Crippen LogP contribution is 2.32. The van der Waals surface area contributed by atoms with Gasteiger partial charge in [-0.2, -0.15) is 0 Å². The predicted molar refractivity (Wildman–Crippen MR) is 82.5 cm³/mol. The van der Waals surface area contributed by atoms with Crippen molar-refractivity contribution >= 4 is 0 Å². The normalized spacial score (nSPS) is 27.6. The number of piperazine rings is 1. The fourth-order valence-electron chi connectivity index (χ4n) is 3.71. The molecule has 0 amide bonds.